The summed E-state index contributed by atoms with van der Waals surface area (Å²) in [5.41, 5.74) is 1.20. The molecule has 9 heteroatoms. The number of hydrogen-bond donors (Lipinski definition) is 2. The van der Waals surface area contributed by atoms with Gasteiger partial charge in [-0.1, -0.05) is 19.3 Å². The zero-order chi connectivity index (χ0) is 26.3. The Morgan fingerprint density at radius 2 is 1.19 bits per heavy atom. The highest BCUT2D eigenvalue weighted by Gasteiger charge is 2.22. The molecule has 1 aromatic rings. The lowest BCUT2D eigenvalue weighted by atomic mass is 10.1. The van der Waals surface area contributed by atoms with Crippen LogP contribution in [0.3, 0.4) is 0 Å². The fourth-order valence-electron chi connectivity index (χ4n) is 4.31. The van der Waals surface area contributed by atoms with Crippen LogP contribution in [0, 0.1) is 0 Å². The van der Waals surface area contributed by atoms with Gasteiger partial charge in [-0.3, -0.25) is 19.3 Å². The van der Waals surface area contributed by atoms with E-state index in [4.69, 9.17) is 0 Å². The second-order valence-electron chi connectivity index (χ2n) is 10.2. The van der Waals surface area contributed by atoms with E-state index in [0.717, 1.165) is 51.9 Å². The van der Waals surface area contributed by atoms with Gasteiger partial charge in [0.05, 0.1) is 6.54 Å². The average Bonchev–Trinajstić information content (AvgIpc) is 2.80. The van der Waals surface area contributed by atoms with Gasteiger partial charge in [-0.2, -0.15) is 0 Å². The molecule has 0 unspecified atom stereocenters. The lowest BCUT2D eigenvalue weighted by molar-refractivity contribution is -0.143. The summed E-state index contributed by atoms with van der Waals surface area (Å²) in [5.74, 6) is -1.19. The van der Waals surface area contributed by atoms with E-state index in [-0.39, 0.29) is 5.91 Å². The first-order chi connectivity index (χ1) is 17.2. The summed E-state index contributed by atoms with van der Waals surface area (Å²) in [7, 11) is 7.97. The first-order valence-corrected chi connectivity index (χ1v) is 13.3. The maximum absolute atomic E-state index is 12.9. The van der Waals surface area contributed by atoms with E-state index in [2.05, 4.69) is 25.3 Å². The van der Waals surface area contributed by atoms with E-state index < -0.39 is 11.8 Å². The number of carbonyl (C=O) groups is 3. The van der Waals surface area contributed by atoms with Crippen LogP contribution in [-0.4, -0.2) is 111 Å². The fourth-order valence-corrected chi connectivity index (χ4v) is 4.31. The summed E-state index contributed by atoms with van der Waals surface area (Å²) in [4.78, 5) is 46.0. The van der Waals surface area contributed by atoms with Crippen molar-refractivity contribution in [2.24, 2.45) is 0 Å². The summed E-state index contributed by atoms with van der Waals surface area (Å²) in [6.45, 7) is 5.11. The van der Waals surface area contributed by atoms with Crippen molar-refractivity contribution in [3.8, 4) is 0 Å². The molecule has 0 bridgehead atoms. The minimum absolute atomic E-state index is 0.0337. The maximum Gasteiger partial charge on any atom is 0.313 e. The zero-order valence-corrected chi connectivity index (χ0v) is 22.7. The number of amides is 3. The van der Waals surface area contributed by atoms with Crippen molar-refractivity contribution in [2.45, 2.75) is 44.9 Å². The molecule has 202 valence electrons. The third-order valence-corrected chi connectivity index (χ3v) is 6.29. The molecule has 1 saturated heterocycles. The first-order valence-electron chi connectivity index (χ1n) is 13.3. The number of anilines is 2. The number of benzene rings is 1. The van der Waals surface area contributed by atoms with E-state index in [1.807, 2.05) is 28.2 Å². The van der Waals surface area contributed by atoms with E-state index in [1.54, 1.807) is 29.2 Å². The van der Waals surface area contributed by atoms with Gasteiger partial charge in [0, 0.05) is 24.5 Å². The van der Waals surface area contributed by atoms with Crippen LogP contribution in [0.15, 0.2) is 24.3 Å². The molecule has 1 aromatic carbocycles. The molecule has 1 aliphatic rings. The summed E-state index contributed by atoms with van der Waals surface area (Å²) < 4.78 is 0. The van der Waals surface area contributed by atoms with Crippen LogP contribution in [-0.2, 0) is 14.4 Å². The molecule has 1 aliphatic heterocycles. The van der Waals surface area contributed by atoms with Crippen LogP contribution < -0.4 is 10.6 Å². The normalized spacial score (nSPS) is 14.8. The zero-order valence-electron chi connectivity index (χ0n) is 22.7. The van der Waals surface area contributed by atoms with Crippen molar-refractivity contribution in [1.29, 1.82) is 0 Å². The van der Waals surface area contributed by atoms with Gasteiger partial charge in [-0.25, -0.2) is 0 Å². The third-order valence-electron chi connectivity index (χ3n) is 6.29. The molecule has 0 saturated carbocycles. The molecular weight excluding hydrogens is 456 g/mol. The minimum Gasteiger partial charge on any atom is -0.334 e. The molecule has 1 fully saturated rings. The highest BCUT2D eigenvalue weighted by Crippen LogP contribution is 2.15. The van der Waals surface area contributed by atoms with Crippen LogP contribution in [0.5, 0.6) is 0 Å². The second kappa shape index (κ2) is 16.3. The summed E-state index contributed by atoms with van der Waals surface area (Å²) in [5, 5.41) is 5.64. The predicted molar refractivity (Wildman–Crippen MR) is 146 cm³/mol. The molecule has 1 heterocycles. The predicted octanol–water partition coefficient (Wildman–Crippen LogP) is 2.56. The number of hydrogen-bond acceptors (Lipinski definition) is 6. The molecule has 0 aliphatic carbocycles. The Bertz CT molecular complexity index is 790. The Morgan fingerprint density at radius 3 is 1.69 bits per heavy atom. The largest absolute Gasteiger partial charge is 0.334 e. The van der Waals surface area contributed by atoms with Crippen LogP contribution in [0.1, 0.15) is 44.9 Å². The first kappa shape index (κ1) is 29.7. The molecule has 3 amide bonds. The monoisotopic (exact) mass is 502 g/mol. The van der Waals surface area contributed by atoms with Crippen molar-refractivity contribution >= 4 is 29.1 Å². The number of likely N-dealkylation sites (tertiary alicyclic amines) is 1. The quantitative estimate of drug-likeness (QED) is 0.427. The number of nitrogens with one attached hydrogen (secondary N) is 2. The average molecular weight is 503 g/mol. The Morgan fingerprint density at radius 1 is 0.722 bits per heavy atom. The van der Waals surface area contributed by atoms with Crippen molar-refractivity contribution in [2.75, 3.05) is 84.6 Å². The molecule has 2 N–H and O–H groups in total. The smallest absolute Gasteiger partial charge is 0.313 e. The van der Waals surface area contributed by atoms with E-state index in [0.29, 0.717) is 31.0 Å². The van der Waals surface area contributed by atoms with Gasteiger partial charge in [0.15, 0.2) is 0 Å². The number of carbonyl (C=O) groups excluding carboxylic acids is 3. The topological polar surface area (TPSA) is 88.2 Å². The van der Waals surface area contributed by atoms with Crippen LogP contribution >= 0.6 is 0 Å². The van der Waals surface area contributed by atoms with Crippen LogP contribution in [0.25, 0.3) is 0 Å². The van der Waals surface area contributed by atoms with Crippen molar-refractivity contribution < 1.29 is 14.4 Å². The minimum atomic E-state index is -0.640. The maximum atomic E-state index is 12.9. The lowest BCUT2D eigenvalue weighted by Crippen LogP contribution is -2.42. The summed E-state index contributed by atoms with van der Waals surface area (Å²) >= 11 is 0. The van der Waals surface area contributed by atoms with Crippen LogP contribution in [0.4, 0.5) is 11.4 Å². The van der Waals surface area contributed by atoms with Gasteiger partial charge in [0.25, 0.3) is 0 Å². The molecule has 2 rings (SSSR count). The van der Waals surface area contributed by atoms with E-state index in [1.165, 1.54) is 19.3 Å². The van der Waals surface area contributed by atoms with E-state index >= 15 is 0 Å². The second-order valence-corrected chi connectivity index (χ2v) is 10.2. The van der Waals surface area contributed by atoms with Crippen LogP contribution in [0.2, 0.25) is 0 Å². The third kappa shape index (κ3) is 12.0. The summed E-state index contributed by atoms with van der Waals surface area (Å²) in [6, 6.07) is 6.91. The number of nitrogens with zero attached hydrogens (tertiary/aromatic N) is 4. The summed E-state index contributed by atoms with van der Waals surface area (Å²) in [6.07, 6.45) is 7.65. The Labute approximate surface area is 217 Å². The molecular formula is C27H46N6O3. The standard InChI is InChI=1S/C27H46N6O3/c1-30(2)16-10-20-33(21-11-17-31(3)4)27(36)26(35)29-24-14-12-23(13-15-24)28-25(34)22-32-18-8-6-5-7-9-19-32/h12-15H,5-11,16-22H2,1-4H3,(H,28,34)(H,29,35). The molecule has 0 spiro atoms. The highest BCUT2D eigenvalue weighted by atomic mass is 16.2. The molecule has 0 atom stereocenters. The molecule has 0 radical (unpaired) electrons. The van der Waals surface area contributed by atoms with Gasteiger partial charge in [0.2, 0.25) is 5.91 Å². The fraction of sp³-hybridized carbons (Fsp3) is 0.667. The molecule has 0 aromatic heterocycles. The van der Waals surface area contributed by atoms with Crippen molar-refractivity contribution in [1.82, 2.24) is 19.6 Å². The Kier molecular flexibility index (Phi) is 13.5. The van der Waals surface area contributed by atoms with Gasteiger partial charge in [-0.15, -0.1) is 0 Å². The lowest BCUT2D eigenvalue weighted by Gasteiger charge is -2.24. The van der Waals surface area contributed by atoms with Crippen molar-refractivity contribution in [3.05, 3.63) is 24.3 Å². The van der Waals surface area contributed by atoms with E-state index in [9.17, 15) is 14.4 Å². The van der Waals surface area contributed by atoms with Gasteiger partial charge in [0.1, 0.15) is 0 Å². The Balaban J connectivity index is 1.86. The number of rotatable bonds is 12. The SMILES string of the molecule is CN(C)CCCN(CCCN(C)C)C(=O)C(=O)Nc1ccc(NC(=O)CN2CCCCCCC2)cc1. The van der Waals surface area contributed by atoms with Gasteiger partial charge >= 0.3 is 11.8 Å². The highest BCUT2D eigenvalue weighted by molar-refractivity contribution is 6.39. The molecule has 9 nitrogen and oxygen atoms in total. The van der Waals surface area contributed by atoms with Gasteiger partial charge < -0.3 is 25.3 Å². The van der Waals surface area contributed by atoms with Gasteiger partial charge in [-0.05, 0) is 104 Å². The Hall–Kier alpha value is -2.49. The molecule has 36 heavy (non-hydrogen) atoms. The van der Waals surface area contributed by atoms with Crippen molar-refractivity contribution in [3.63, 3.8) is 0 Å².